The number of hydrogen-bond donors (Lipinski definition) is 4. The van der Waals surface area contributed by atoms with Crippen LogP contribution in [0.15, 0.2) is 66.7 Å². The zero-order valence-electron chi connectivity index (χ0n) is 23.0. The van der Waals surface area contributed by atoms with Gasteiger partial charge in [-0.25, -0.2) is 9.59 Å². The summed E-state index contributed by atoms with van der Waals surface area (Å²) in [5, 5.41) is 23.0. The Hall–Kier alpha value is -4.38. The first-order valence-corrected chi connectivity index (χ1v) is 12.7. The third kappa shape index (κ3) is 8.55. The van der Waals surface area contributed by atoms with Crippen LogP contribution >= 0.6 is 0 Å². The number of nitrogens with one attached hydrogen (secondary N) is 2. The maximum absolute atomic E-state index is 13.4. The number of carbonyl (C=O) groups excluding carboxylic acids is 2. The summed E-state index contributed by atoms with van der Waals surface area (Å²) in [6.45, 7) is 7.20. The number of carbonyl (C=O) groups is 3. The quantitative estimate of drug-likeness (QED) is 0.276. The van der Waals surface area contributed by atoms with Crippen molar-refractivity contribution in [1.29, 1.82) is 0 Å². The van der Waals surface area contributed by atoms with Crippen molar-refractivity contribution in [3.8, 4) is 0 Å². The van der Waals surface area contributed by atoms with Crippen LogP contribution in [0, 0.1) is 6.92 Å². The van der Waals surface area contributed by atoms with Crippen LogP contribution in [0.25, 0.3) is 0 Å². The molecule has 0 aromatic heterocycles. The third-order valence-electron chi connectivity index (χ3n) is 6.24. The van der Waals surface area contributed by atoms with Crippen LogP contribution in [-0.2, 0) is 22.9 Å². The molecule has 0 aliphatic heterocycles. The third-order valence-corrected chi connectivity index (χ3v) is 6.24. The molecule has 0 radical (unpaired) electrons. The Morgan fingerprint density at radius 1 is 0.902 bits per heavy atom. The number of benzene rings is 3. The van der Waals surface area contributed by atoms with E-state index in [0.717, 1.165) is 17.7 Å². The van der Waals surface area contributed by atoms with Crippen LogP contribution in [0.1, 0.15) is 53.4 Å². The van der Waals surface area contributed by atoms with Gasteiger partial charge in [0.05, 0.1) is 18.7 Å². The number of amides is 3. The van der Waals surface area contributed by atoms with Crippen molar-refractivity contribution >= 4 is 29.3 Å². The van der Waals surface area contributed by atoms with E-state index in [-0.39, 0.29) is 23.2 Å². The molecule has 3 rings (SSSR count). The van der Waals surface area contributed by atoms with E-state index in [1.54, 1.807) is 24.3 Å². The van der Waals surface area contributed by atoms with Crippen LogP contribution in [0.4, 0.5) is 29.3 Å². The van der Waals surface area contributed by atoms with Gasteiger partial charge in [-0.05, 0) is 71.5 Å². The maximum Gasteiger partial charge on any atom is 0.416 e. The van der Waals surface area contributed by atoms with Gasteiger partial charge in [0.2, 0.25) is 0 Å². The molecule has 218 valence electrons. The molecule has 8 nitrogen and oxygen atoms in total. The fraction of sp³-hybridized carbons (Fsp3) is 0.300. The van der Waals surface area contributed by atoms with E-state index in [1.165, 1.54) is 30.0 Å². The molecule has 0 spiro atoms. The predicted octanol–water partition coefficient (Wildman–Crippen LogP) is 5.73. The summed E-state index contributed by atoms with van der Waals surface area (Å²) in [6, 6.07) is 16.1. The highest BCUT2D eigenvalue weighted by Crippen LogP contribution is 2.32. The normalized spacial score (nSPS) is 12.4. The zero-order chi connectivity index (χ0) is 30.5. The molecule has 41 heavy (non-hydrogen) atoms. The number of aliphatic hydroxyl groups excluding tert-OH is 1. The summed E-state index contributed by atoms with van der Waals surface area (Å²) in [5.41, 5.74) is 1.66. The summed E-state index contributed by atoms with van der Waals surface area (Å²) in [4.78, 5) is 37.9. The van der Waals surface area contributed by atoms with Gasteiger partial charge in [0.15, 0.2) is 6.10 Å². The van der Waals surface area contributed by atoms with Crippen molar-refractivity contribution in [3.63, 3.8) is 0 Å². The SMILES string of the molecule is Cc1cc(NC(=O)N(Cc2ccc(C(=O)NC[C@@H](O)C(=O)O)cc2)c2ccc(C(C)(C)C)cc2)cc(C(F)(F)F)c1. The molecule has 0 bridgehead atoms. The minimum Gasteiger partial charge on any atom is -0.479 e. The molecule has 1 atom stereocenters. The van der Waals surface area contributed by atoms with Gasteiger partial charge in [-0.2, -0.15) is 13.2 Å². The zero-order valence-corrected chi connectivity index (χ0v) is 23.0. The van der Waals surface area contributed by atoms with E-state index in [4.69, 9.17) is 5.11 Å². The molecule has 4 N–H and O–H groups in total. The topological polar surface area (TPSA) is 119 Å². The van der Waals surface area contributed by atoms with Crippen LogP contribution < -0.4 is 15.5 Å². The average Bonchev–Trinajstić information content (AvgIpc) is 2.89. The van der Waals surface area contributed by atoms with E-state index >= 15 is 0 Å². The molecule has 3 aromatic rings. The molecular formula is C30H32F3N3O5. The second-order valence-electron chi connectivity index (χ2n) is 10.7. The Labute approximate surface area is 235 Å². The lowest BCUT2D eigenvalue weighted by molar-refractivity contribution is -0.146. The molecule has 3 amide bonds. The van der Waals surface area contributed by atoms with Gasteiger partial charge in [-0.15, -0.1) is 0 Å². The number of hydrogen-bond acceptors (Lipinski definition) is 4. The van der Waals surface area contributed by atoms with Crippen LogP contribution in [0.2, 0.25) is 0 Å². The Balaban J connectivity index is 1.87. The van der Waals surface area contributed by atoms with Crippen molar-refractivity contribution in [2.24, 2.45) is 0 Å². The Morgan fingerprint density at radius 2 is 1.51 bits per heavy atom. The Bertz CT molecular complexity index is 1400. The van der Waals surface area contributed by atoms with Gasteiger partial charge >= 0.3 is 18.2 Å². The molecule has 3 aromatic carbocycles. The van der Waals surface area contributed by atoms with Crippen molar-refractivity contribution in [2.75, 3.05) is 16.8 Å². The number of aryl methyl sites for hydroxylation is 1. The van der Waals surface area contributed by atoms with Gasteiger partial charge < -0.3 is 20.8 Å². The summed E-state index contributed by atoms with van der Waals surface area (Å²) < 4.78 is 40.1. The van der Waals surface area contributed by atoms with Gasteiger partial charge in [0.25, 0.3) is 5.91 Å². The maximum atomic E-state index is 13.4. The van der Waals surface area contributed by atoms with Crippen molar-refractivity contribution < 1.29 is 37.8 Å². The number of alkyl halides is 3. The number of aliphatic carboxylic acids is 1. The number of urea groups is 1. The molecule has 0 aliphatic rings. The van der Waals surface area contributed by atoms with E-state index in [0.29, 0.717) is 16.8 Å². The molecule has 0 unspecified atom stereocenters. The van der Waals surface area contributed by atoms with Gasteiger partial charge in [0, 0.05) is 16.9 Å². The van der Waals surface area contributed by atoms with Crippen LogP contribution in [0.3, 0.4) is 0 Å². The fourth-order valence-corrected chi connectivity index (χ4v) is 3.95. The summed E-state index contributed by atoms with van der Waals surface area (Å²) in [5.74, 6) is -2.06. The van der Waals surface area contributed by atoms with Gasteiger partial charge in [-0.1, -0.05) is 45.0 Å². The van der Waals surface area contributed by atoms with E-state index in [2.05, 4.69) is 10.6 Å². The minimum absolute atomic E-state index is 0.00537. The van der Waals surface area contributed by atoms with E-state index < -0.39 is 42.3 Å². The number of anilines is 2. The number of nitrogens with zero attached hydrogens (tertiary/aromatic N) is 1. The van der Waals surface area contributed by atoms with Crippen molar-refractivity contribution in [1.82, 2.24) is 5.32 Å². The molecule has 0 saturated heterocycles. The predicted molar refractivity (Wildman–Crippen MR) is 149 cm³/mol. The molecule has 0 heterocycles. The first-order chi connectivity index (χ1) is 19.0. The molecular weight excluding hydrogens is 539 g/mol. The summed E-state index contributed by atoms with van der Waals surface area (Å²) in [6.07, 6.45) is -6.32. The van der Waals surface area contributed by atoms with E-state index in [9.17, 15) is 32.7 Å². The van der Waals surface area contributed by atoms with Gasteiger partial charge in [-0.3, -0.25) is 9.69 Å². The van der Waals surface area contributed by atoms with E-state index in [1.807, 2.05) is 32.9 Å². The number of carboxylic acid groups (broad SMARTS) is 1. The Kier molecular flexibility index (Phi) is 9.44. The van der Waals surface area contributed by atoms with Crippen molar-refractivity contribution in [3.05, 3.63) is 94.5 Å². The second-order valence-corrected chi connectivity index (χ2v) is 10.7. The lowest BCUT2D eigenvalue weighted by Gasteiger charge is -2.26. The first kappa shape index (κ1) is 31.2. The molecule has 0 saturated carbocycles. The largest absolute Gasteiger partial charge is 0.479 e. The number of halogens is 3. The van der Waals surface area contributed by atoms with Crippen LogP contribution in [-0.4, -0.2) is 40.8 Å². The standard InChI is InChI=1S/C30H32F3N3O5/c1-18-13-22(30(31,32)33)15-23(14-18)35-28(41)36(24-11-9-21(10-12-24)29(2,3)4)17-19-5-7-20(8-6-19)26(38)34-16-25(37)27(39)40/h5-15,25,37H,16-17H2,1-4H3,(H,34,38)(H,35,41)(H,39,40)/t25-/m1/s1. The number of carboxylic acids is 1. The highest BCUT2D eigenvalue weighted by Gasteiger charge is 2.31. The van der Waals surface area contributed by atoms with Crippen molar-refractivity contribution in [2.45, 2.75) is 51.9 Å². The van der Waals surface area contributed by atoms with Crippen LogP contribution in [0.5, 0.6) is 0 Å². The molecule has 11 heteroatoms. The monoisotopic (exact) mass is 571 g/mol. The smallest absolute Gasteiger partial charge is 0.416 e. The summed E-state index contributed by atoms with van der Waals surface area (Å²) >= 11 is 0. The lowest BCUT2D eigenvalue weighted by Crippen LogP contribution is -2.36. The summed E-state index contributed by atoms with van der Waals surface area (Å²) in [7, 11) is 0. The fourth-order valence-electron chi connectivity index (χ4n) is 3.95. The first-order valence-electron chi connectivity index (χ1n) is 12.7. The number of rotatable bonds is 8. The minimum atomic E-state index is -4.58. The lowest BCUT2D eigenvalue weighted by atomic mass is 9.87. The van der Waals surface area contributed by atoms with Gasteiger partial charge in [0.1, 0.15) is 0 Å². The average molecular weight is 572 g/mol. The highest BCUT2D eigenvalue weighted by atomic mass is 19.4. The highest BCUT2D eigenvalue weighted by molar-refractivity contribution is 6.02. The molecule has 0 fully saturated rings. The Morgan fingerprint density at radius 3 is 2.05 bits per heavy atom. The second kappa shape index (κ2) is 12.4. The number of aliphatic hydroxyl groups is 1. The molecule has 0 aliphatic carbocycles.